The van der Waals surface area contributed by atoms with Crippen LogP contribution in [0.15, 0.2) is 35.1 Å². The van der Waals surface area contributed by atoms with Crippen molar-refractivity contribution in [3.63, 3.8) is 0 Å². The second-order valence-corrected chi connectivity index (χ2v) is 5.47. The lowest BCUT2D eigenvalue weighted by molar-refractivity contribution is 0.0709. The molecule has 0 unspecified atom stereocenters. The van der Waals surface area contributed by atoms with Gasteiger partial charge < -0.3 is 9.74 Å². The summed E-state index contributed by atoms with van der Waals surface area (Å²) < 4.78 is 1.17. The molecule has 0 saturated carbocycles. The topological polar surface area (TPSA) is 64.4 Å². The molecule has 0 bridgehead atoms. The molecule has 6 nitrogen and oxygen atoms in total. The molecule has 128 valence electrons. The van der Waals surface area contributed by atoms with Crippen molar-refractivity contribution in [2.75, 3.05) is 13.1 Å². The number of hydrogen-bond acceptors (Lipinski definition) is 4. The zero-order chi connectivity index (χ0) is 17.7. The third-order valence-corrected chi connectivity index (χ3v) is 3.95. The van der Waals surface area contributed by atoms with E-state index < -0.39 is 5.56 Å². The molecule has 1 aromatic carbocycles. The standard InChI is InChI=1S/C18H23N3O3/c1-5-20(6-2)17(22)16-18(23)21(14(4)13(3)19-16)24-12-15-10-8-7-9-11-15/h7-11H,5-6,12H2,1-4H3. The van der Waals surface area contributed by atoms with E-state index in [1.807, 2.05) is 44.2 Å². The van der Waals surface area contributed by atoms with Crippen LogP contribution in [0.4, 0.5) is 0 Å². The number of carbonyl (C=O) groups excluding carboxylic acids is 1. The first-order chi connectivity index (χ1) is 11.5. The lowest BCUT2D eigenvalue weighted by Crippen LogP contribution is -2.40. The summed E-state index contributed by atoms with van der Waals surface area (Å²) in [5.41, 5.74) is 1.50. The number of aryl methyl sites for hydroxylation is 1. The Kier molecular flexibility index (Phi) is 5.73. The van der Waals surface area contributed by atoms with Crippen LogP contribution in [0.5, 0.6) is 0 Å². The van der Waals surface area contributed by atoms with Crippen molar-refractivity contribution in [3.8, 4) is 0 Å². The SMILES string of the molecule is CCN(CC)C(=O)c1nc(C)c(C)n(OCc2ccccc2)c1=O. The van der Waals surface area contributed by atoms with E-state index in [1.165, 1.54) is 4.73 Å². The van der Waals surface area contributed by atoms with Crippen LogP contribution in [0.2, 0.25) is 0 Å². The van der Waals surface area contributed by atoms with Gasteiger partial charge in [0, 0.05) is 13.1 Å². The van der Waals surface area contributed by atoms with E-state index in [0.717, 1.165) is 5.56 Å². The molecule has 1 aromatic heterocycles. The smallest absolute Gasteiger partial charge is 0.314 e. The van der Waals surface area contributed by atoms with E-state index in [0.29, 0.717) is 24.5 Å². The van der Waals surface area contributed by atoms with Crippen molar-refractivity contribution in [3.05, 3.63) is 63.3 Å². The highest BCUT2D eigenvalue weighted by molar-refractivity contribution is 5.92. The van der Waals surface area contributed by atoms with Crippen molar-refractivity contribution < 1.29 is 9.63 Å². The maximum absolute atomic E-state index is 12.7. The van der Waals surface area contributed by atoms with Gasteiger partial charge in [0.1, 0.15) is 6.61 Å². The molecule has 0 radical (unpaired) electrons. The van der Waals surface area contributed by atoms with E-state index in [2.05, 4.69) is 4.98 Å². The van der Waals surface area contributed by atoms with Crippen molar-refractivity contribution in [1.82, 2.24) is 14.6 Å². The molecule has 0 aliphatic carbocycles. The van der Waals surface area contributed by atoms with Crippen molar-refractivity contribution in [1.29, 1.82) is 0 Å². The Hall–Kier alpha value is -2.63. The van der Waals surface area contributed by atoms with Crippen LogP contribution in [0, 0.1) is 13.8 Å². The molecule has 1 heterocycles. The Bertz CT molecular complexity index is 765. The average Bonchev–Trinajstić information content (AvgIpc) is 2.60. The first-order valence-electron chi connectivity index (χ1n) is 8.06. The number of nitrogens with zero attached hydrogens (tertiary/aromatic N) is 3. The average molecular weight is 329 g/mol. The minimum atomic E-state index is -0.522. The van der Waals surface area contributed by atoms with E-state index in [4.69, 9.17) is 4.84 Å². The second-order valence-electron chi connectivity index (χ2n) is 5.47. The molecule has 24 heavy (non-hydrogen) atoms. The summed E-state index contributed by atoms with van der Waals surface area (Å²) in [6, 6.07) is 9.55. The predicted octanol–water partition coefficient (Wildman–Crippen LogP) is 1.97. The Morgan fingerprint density at radius 3 is 2.38 bits per heavy atom. The quantitative estimate of drug-likeness (QED) is 0.813. The molecule has 0 aliphatic heterocycles. The zero-order valence-electron chi connectivity index (χ0n) is 14.6. The van der Waals surface area contributed by atoms with Crippen LogP contribution in [0.25, 0.3) is 0 Å². The van der Waals surface area contributed by atoms with Gasteiger partial charge in [0.25, 0.3) is 5.91 Å². The van der Waals surface area contributed by atoms with Gasteiger partial charge in [-0.3, -0.25) is 9.59 Å². The van der Waals surface area contributed by atoms with Gasteiger partial charge in [-0.05, 0) is 33.3 Å². The van der Waals surface area contributed by atoms with Gasteiger partial charge in [-0.25, -0.2) is 4.98 Å². The van der Waals surface area contributed by atoms with Crippen LogP contribution in [-0.2, 0) is 6.61 Å². The Morgan fingerprint density at radius 2 is 1.79 bits per heavy atom. The fourth-order valence-corrected chi connectivity index (χ4v) is 2.36. The van der Waals surface area contributed by atoms with Gasteiger partial charge >= 0.3 is 5.56 Å². The molecule has 0 aliphatic rings. The van der Waals surface area contributed by atoms with Gasteiger partial charge in [-0.2, -0.15) is 0 Å². The first-order valence-corrected chi connectivity index (χ1v) is 8.06. The van der Waals surface area contributed by atoms with Gasteiger partial charge in [-0.15, -0.1) is 4.73 Å². The summed E-state index contributed by atoms with van der Waals surface area (Å²) in [5.74, 6) is -0.370. The van der Waals surface area contributed by atoms with Gasteiger partial charge in [0.15, 0.2) is 5.69 Å². The minimum Gasteiger partial charge on any atom is -0.406 e. The van der Waals surface area contributed by atoms with Gasteiger partial charge in [0.2, 0.25) is 0 Å². The number of carbonyl (C=O) groups is 1. The number of amides is 1. The van der Waals surface area contributed by atoms with E-state index in [9.17, 15) is 9.59 Å². The van der Waals surface area contributed by atoms with Gasteiger partial charge in [0.05, 0.1) is 11.4 Å². The number of aromatic nitrogens is 2. The third kappa shape index (κ3) is 3.64. The summed E-state index contributed by atoms with van der Waals surface area (Å²) >= 11 is 0. The van der Waals surface area contributed by atoms with Gasteiger partial charge in [-0.1, -0.05) is 30.3 Å². The summed E-state index contributed by atoms with van der Waals surface area (Å²) in [4.78, 5) is 36.6. The molecule has 0 saturated heterocycles. The monoisotopic (exact) mass is 329 g/mol. The van der Waals surface area contributed by atoms with Crippen LogP contribution in [-0.4, -0.2) is 33.6 Å². The summed E-state index contributed by atoms with van der Waals surface area (Å²) in [5, 5.41) is 0. The Labute approximate surface area is 141 Å². The number of hydrogen-bond donors (Lipinski definition) is 0. The lowest BCUT2D eigenvalue weighted by Gasteiger charge is -2.19. The first kappa shape index (κ1) is 17.7. The predicted molar refractivity (Wildman–Crippen MR) is 91.9 cm³/mol. The summed E-state index contributed by atoms with van der Waals surface area (Å²) in [6.45, 7) is 8.53. The van der Waals surface area contributed by atoms with Crippen molar-refractivity contribution in [2.24, 2.45) is 0 Å². The molecule has 2 aromatic rings. The summed E-state index contributed by atoms with van der Waals surface area (Å²) in [6.07, 6.45) is 0. The van der Waals surface area contributed by atoms with Crippen molar-refractivity contribution >= 4 is 5.91 Å². The largest absolute Gasteiger partial charge is 0.406 e. The van der Waals surface area contributed by atoms with Crippen LogP contribution in [0.3, 0.4) is 0 Å². The van der Waals surface area contributed by atoms with E-state index >= 15 is 0 Å². The molecule has 0 fully saturated rings. The molecule has 0 atom stereocenters. The van der Waals surface area contributed by atoms with Crippen LogP contribution < -0.4 is 10.4 Å². The fourth-order valence-electron chi connectivity index (χ4n) is 2.36. The molecule has 1 amide bonds. The lowest BCUT2D eigenvalue weighted by atomic mass is 10.2. The maximum Gasteiger partial charge on any atom is 0.314 e. The highest BCUT2D eigenvalue weighted by Crippen LogP contribution is 2.05. The molecular weight excluding hydrogens is 306 g/mol. The Balaban J connectivity index is 2.37. The minimum absolute atomic E-state index is 0.102. The molecule has 6 heteroatoms. The molecule has 2 rings (SSSR count). The molecular formula is C18H23N3O3. The van der Waals surface area contributed by atoms with E-state index in [-0.39, 0.29) is 18.2 Å². The third-order valence-electron chi connectivity index (χ3n) is 3.95. The van der Waals surface area contributed by atoms with Crippen LogP contribution in [0.1, 0.15) is 41.3 Å². The second kappa shape index (κ2) is 7.77. The molecule has 0 spiro atoms. The number of benzene rings is 1. The highest BCUT2D eigenvalue weighted by Gasteiger charge is 2.22. The Morgan fingerprint density at radius 1 is 1.17 bits per heavy atom. The fraction of sp³-hybridized carbons (Fsp3) is 0.389. The maximum atomic E-state index is 12.7. The molecule has 0 N–H and O–H groups in total. The highest BCUT2D eigenvalue weighted by atomic mass is 16.7. The van der Waals surface area contributed by atoms with Crippen molar-refractivity contribution in [2.45, 2.75) is 34.3 Å². The van der Waals surface area contributed by atoms with E-state index in [1.54, 1.807) is 18.7 Å². The normalized spacial score (nSPS) is 10.5. The zero-order valence-corrected chi connectivity index (χ0v) is 14.6. The summed E-state index contributed by atoms with van der Waals surface area (Å²) in [7, 11) is 0. The van der Waals surface area contributed by atoms with Crippen LogP contribution >= 0.6 is 0 Å². The number of rotatable bonds is 6.